The zero-order valence-electron chi connectivity index (χ0n) is 10.1. The third-order valence-corrected chi connectivity index (χ3v) is 5.08. The minimum atomic E-state index is 1.03. The van der Waals surface area contributed by atoms with Gasteiger partial charge in [-0.1, -0.05) is 38.5 Å². The molecular formula is C14H19IS. The maximum atomic E-state index is 3.30. The van der Waals surface area contributed by atoms with Crippen molar-refractivity contribution < 1.29 is 0 Å². The predicted octanol–water partition coefficient (Wildman–Crippen LogP) is 5.24. The number of thiophene rings is 1. The molecule has 0 atom stereocenters. The molecule has 0 bridgehead atoms. The van der Waals surface area contributed by atoms with E-state index in [2.05, 4.69) is 53.7 Å². The van der Waals surface area contributed by atoms with Crippen LogP contribution in [-0.2, 0) is 6.42 Å². The molecule has 0 aliphatic carbocycles. The van der Waals surface area contributed by atoms with E-state index in [1.807, 2.05) is 11.3 Å². The van der Waals surface area contributed by atoms with Gasteiger partial charge < -0.3 is 0 Å². The molecule has 0 nitrogen and oxygen atoms in total. The maximum Gasteiger partial charge on any atom is 0.0488 e. The van der Waals surface area contributed by atoms with Crippen molar-refractivity contribution in [2.45, 2.75) is 52.4 Å². The standard InChI is InChI=1S/C14H19IS/c1-3-5-7-8-9-12-11-16-13(14(12)15)10-6-4-2/h11H,3-7,10H2,1-2H3. The molecular weight excluding hydrogens is 327 g/mol. The van der Waals surface area contributed by atoms with Gasteiger partial charge in [-0.05, 0) is 41.9 Å². The lowest BCUT2D eigenvalue weighted by Crippen LogP contribution is -1.84. The molecule has 0 amide bonds. The molecule has 0 spiro atoms. The normalized spacial score (nSPS) is 9.94. The van der Waals surface area contributed by atoms with E-state index in [0.717, 1.165) is 6.42 Å². The summed E-state index contributed by atoms with van der Waals surface area (Å²) in [6.45, 7) is 4.45. The SMILES string of the molecule is CCCCC#Cc1csc(CCCC)c1I. The molecule has 0 unspecified atom stereocenters. The Morgan fingerprint density at radius 1 is 1.25 bits per heavy atom. The van der Waals surface area contributed by atoms with Crippen LogP contribution in [0.5, 0.6) is 0 Å². The van der Waals surface area contributed by atoms with E-state index in [-0.39, 0.29) is 0 Å². The number of unbranched alkanes of at least 4 members (excludes halogenated alkanes) is 3. The zero-order valence-corrected chi connectivity index (χ0v) is 13.1. The Morgan fingerprint density at radius 3 is 2.69 bits per heavy atom. The molecule has 1 heterocycles. The first-order chi connectivity index (χ1) is 7.79. The van der Waals surface area contributed by atoms with Gasteiger partial charge in [-0.15, -0.1) is 11.3 Å². The van der Waals surface area contributed by atoms with Gasteiger partial charge in [0, 0.05) is 25.8 Å². The van der Waals surface area contributed by atoms with Crippen LogP contribution in [0.25, 0.3) is 0 Å². The quantitative estimate of drug-likeness (QED) is 0.389. The first kappa shape index (κ1) is 14.1. The lowest BCUT2D eigenvalue weighted by atomic mass is 10.2. The fourth-order valence-corrected chi connectivity index (χ4v) is 3.46. The molecule has 0 aromatic carbocycles. The van der Waals surface area contributed by atoms with E-state index in [1.54, 1.807) is 0 Å². The molecule has 88 valence electrons. The number of hydrogen-bond acceptors (Lipinski definition) is 1. The van der Waals surface area contributed by atoms with E-state index in [9.17, 15) is 0 Å². The summed E-state index contributed by atoms with van der Waals surface area (Å²) in [5.74, 6) is 6.56. The lowest BCUT2D eigenvalue weighted by molar-refractivity contribution is 0.802. The van der Waals surface area contributed by atoms with Gasteiger partial charge in [0.05, 0.1) is 0 Å². The summed E-state index contributed by atoms with van der Waals surface area (Å²) in [6.07, 6.45) is 7.26. The highest BCUT2D eigenvalue weighted by Gasteiger charge is 2.06. The Kier molecular flexibility index (Phi) is 7.15. The first-order valence-corrected chi connectivity index (χ1v) is 8.00. The summed E-state index contributed by atoms with van der Waals surface area (Å²) in [6, 6.07) is 0. The highest BCUT2D eigenvalue weighted by atomic mass is 127. The minimum Gasteiger partial charge on any atom is -0.146 e. The van der Waals surface area contributed by atoms with Crippen LogP contribution in [0.1, 0.15) is 56.4 Å². The fourth-order valence-electron chi connectivity index (χ4n) is 1.40. The van der Waals surface area contributed by atoms with Gasteiger partial charge in [0.15, 0.2) is 0 Å². The molecule has 0 N–H and O–H groups in total. The Morgan fingerprint density at radius 2 is 2.00 bits per heavy atom. The second-order valence-corrected chi connectivity index (χ2v) is 5.94. The van der Waals surface area contributed by atoms with Gasteiger partial charge in [-0.2, -0.15) is 0 Å². The zero-order chi connectivity index (χ0) is 11.8. The van der Waals surface area contributed by atoms with Crippen LogP contribution in [0.4, 0.5) is 0 Å². The van der Waals surface area contributed by atoms with E-state index in [4.69, 9.17) is 0 Å². The second-order valence-electron chi connectivity index (χ2n) is 3.90. The predicted molar refractivity (Wildman–Crippen MR) is 82.1 cm³/mol. The molecule has 0 aliphatic rings. The lowest BCUT2D eigenvalue weighted by Gasteiger charge is -1.95. The van der Waals surface area contributed by atoms with Gasteiger partial charge in [0.1, 0.15) is 0 Å². The third-order valence-electron chi connectivity index (χ3n) is 2.44. The molecule has 0 fully saturated rings. The van der Waals surface area contributed by atoms with Crippen LogP contribution in [0, 0.1) is 15.4 Å². The van der Waals surface area contributed by atoms with Crippen LogP contribution in [0.15, 0.2) is 5.38 Å². The first-order valence-electron chi connectivity index (χ1n) is 6.04. The largest absolute Gasteiger partial charge is 0.146 e. The van der Waals surface area contributed by atoms with Crippen molar-refractivity contribution in [1.29, 1.82) is 0 Å². The van der Waals surface area contributed by atoms with E-state index >= 15 is 0 Å². The van der Waals surface area contributed by atoms with Gasteiger partial charge >= 0.3 is 0 Å². The number of hydrogen-bond donors (Lipinski definition) is 0. The smallest absolute Gasteiger partial charge is 0.0488 e. The average Bonchev–Trinajstić information content (AvgIpc) is 2.64. The summed E-state index contributed by atoms with van der Waals surface area (Å²) in [5.41, 5.74) is 1.24. The van der Waals surface area contributed by atoms with Gasteiger partial charge in [-0.3, -0.25) is 0 Å². The van der Waals surface area contributed by atoms with Crippen molar-refractivity contribution >= 4 is 33.9 Å². The van der Waals surface area contributed by atoms with Crippen molar-refractivity contribution in [3.8, 4) is 11.8 Å². The summed E-state index contributed by atoms with van der Waals surface area (Å²) in [4.78, 5) is 1.52. The van der Waals surface area contributed by atoms with E-state index in [1.165, 1.54) is 46.1 Å². The van der Waals surface area contributed by atoms with Gasteiger partial charge in [0.25, 0.3) is 0 Å². The van der Waals surface area contributed by atoms with Crippen molar-refractivity contribution in [2.75, 3.05) is 0 Å². The monoisotopic (exact) mass is 346 g/mol. The number of aryl methyl sites for hydroxylation is 1. The number of rotatable bonds is 5. The molecule has 1 aromatic rings. The summed E-state index contributed by atoms with van der Waals surface area (Å²) < 4.78 is 1.39. The van der Waals surface area contributed by atoms with Crippen molar-refractivity contribution in [3.63, 3.8) is 0 Å². The Labute approximate surface area is 117 Å². The summed E-state index contributed by atoms with van der Waals surface area (Å²) in [5, 5.41) is 2.21. The third kappa shape index (κ3) is 4.47. The van der Waals surface area contributed by atoms with Crippen molar-refractivity contribution in [3.05, 3.63) is 19.4 Å². The van der Waals surface area contributed by atoms with Crippen LogP contribution in [0.3, 0.4) is 0 Å². The Bertz CT molecular complexity index is 368. The molecule has 0 aliphatic heterocycles. The van der Waals surface area contributed by atoms with Crippen LogP contribution >= 0.6 is 33.9 Å². The maximum absolute atomic E-state index is 3.30. The summed E-state index contributed by atoms with van der Waals surface area (Å²) >= 11 is 4.31. The van der Waals surface area contributed by atoms with E-state index in [0.29, 0.717) is 0 Å². The molecule has 1 rings (SSSR count). The molecule has 16 heavy (non-hydrogen) atoms. The summed E-state index contributed by atoms with van der Waals surface area (Å²) in [7, 11) is 0. The highest BCUT2D eigenvalue weighted by Crippen LogP contribution is 2.25. The molecule has 0 saturated heterocycles. The molecule has 1 aromatic heterocycles. The average molecular weight is 346 g/mol. The van der Waals surface area contributed by atoms with Crippen LogP contribution in [-0.4, -0.2) is 0 Å². The van der Waals surface area contributed by atoms with Gasteiger partial charge in [0.2, 0.25) is 0 Å². The van der Waals surface area contributed by atoms with Crippen molar-refractivity contribution in [1.82, 2.24) is 0 Å². The molecule has 0 radical (unpaired) electrons. The Hall–Kier alpha value is -0.0100. The highest BCUT2D eigenvalue weighted by molar-refractivity contribution is 14.1. The van der Waals surface area contributed by atoms with Crippen molar-refractivity contribution in [2.24, 2.45) is 0 Å². The molecule has 2 heteroatoms. The van der Waals surface area contributed by atoms with Crippen LogP contribution < -0.4 is 0 Å². The second kappa shape index (κ2) is 8.14. The van der Waals surface area contributed by atoms with Gasteiger partial charge in [-0.25, -0.2) is 0 Å². The topological polar surface area (TPSA) is 0 Å². The fraction of sp³-hybridized carbons (Fsp3) is 0.571. The van der Waals surface area contributed by atoms with Crippen LogP contribution in [0.2, 0.25) is 0 Å². The van der Waals surface area contributed by atoms with E-state index < -0.39 is 0 Å². The Balaban J connectivity index is 2.59. The molecule has 0 saturated carbocycles. The number of halogens is 1. The minimum absolute atomic E-state index is 1.03.